The number of benzene rings is 1. The van der Waals surface area contributed by atoms with Crippen molar-refractivity contribution in [3.05, 3.63) is 59.9 Å². The van der Waals surface area contributed by atoms with Gasteiger partial charge in [-0.25, -0.2) is 0 Å². The highest BCUT2D eigenvalue weighted by molar-refractivity contribution is 7.09. The van der Waals surface area contributed by atoms with Crippen molar-refractivity contribution < 1.29 is 4.79 Å². The van der Waals surface area contributed by atoms with Crippen LogP contribution in [0.4, 0.5) is 5.95 Å². The minimum absolute atomic E-state index is 0.0412. The second kappa shape index (κ2) is 7.61. The molecule has 0 bridgehead atoms. The predicted molar refractivity (Wildman–Crippen MR) is 104 cm³/mol. The summed E-state index contributed by atoms with van der Waals surface area (Å²) in [6.07, 6.45) is 3.51. The molecule has 2 heterocycles. The Labute approximate surface area is 157 Å². The van der Waals surface area contributed by atoms with Crippen LogP contribution in [0.15, 0.2) is 48.8 Å². The van der Waals surface area contributed by atoms with E-state index in [9.17, 15) is 4.79 Å². The molecule has 0 spiro atoms. The topological polar surface area (TPSA) is 62.2 Å². The molecule has 134 valence electrons. The molecular formula is C19H21N5OS. The standard InChI is InChI=1S/C19H21N5OS/c1-13(16-9-6-10-20-12-16)24(4)18(25)15-8-5-7-14(11-15)17-21-19(22-26-17)23(2)3/h5-13H,1-4H3. The molecule has 0 aliphatic carbocycles. The van der Waals surface area contributed by atoms with Crippen molar-refractivity contribution in [3.63, 3.8) is 0 Å². The van der Waals surface area contributed by atoms with Crippen molar-refractivity contribution in [2.75, 3.05) is 26.0 Å². The molecule has 3 aromatic rings. The van der Waals surface area contributed by atoms with Gasteiger partial charge in [0.05, 0.1) is 6.04 Å². The van der Waals surface area contributed by atoms with Gasteiger partial charge < -0.3 is 9.80 Å². The van der Waals surface area contributed by atoms with E-state index in [1.54, 1.807) is 17.3 Å². The number of amides is 1. The van der Waals surface area contributed by atoms with Crippen LogP contribution in [-0.2, 0) is 0 Å². The van der Waals surface area contributed by atoms with Gasteiger partial charge in [-0.15, -0.1) is 0 Å². The summed E-state index contributed by atoms with van der Waals surface area (Å²) in [5.74, 6) is 0.629. The molecule has 2 aromatic heterocycles. The number of hydrogen-bond acceptors (Lipinski definition) is 6. The van der Waals surface area contributed by atoms with Crippen LogP contribution in [0.5, 0.6) is 0 Å². The molecule has 0 N–H and O–H groups in total. The van der Waals surface area contributed by atoms with Crippen LogP contribution in [0.3, 0.4) is 0 Å². The second-order valence-electron chi connectivity index (χ2n) is 6.25. The Hall–Kier alpha value is -2.80. The number of aromatic nitrogens is 3. The molecule has 6 nitrogen and oxygen atoms in total. The van der Waals surface area contributed by atoms with Crippen molar-refractivity contribution in [3.8, 4) is 10.6 Å². The Kier molecular flexibility index (Phi) is 5.27. The second-order valence-corrected chi connectivity index (χ2v) is 7.00. The number of rotatable bonds is 5. The van der Waals surface area contributed by atoms with Crippen molar-refractivity contribution >= 4 is 23.4 Å². The van der Waals surface area contributed by atoms with E-state index in [1.807, 2.05) is 69.4 Å². The van der Waals surface area contributed by atoms with Gasteiger partial charge in [-0.1, -0.05) is 18.2 Å². The van der Waals surface area contributed by atoms with E-state index in [0.717, 1.165) is 16.1 Å². The lowest BCUT2D eigenvalue weighted by Gasteiger charge is -2.25. The van der Waals surface area contributed by atoms with Crippen LogP contribution >= 0.6 is 11.5 Å². The number of carbonyl (C=O) groups is 1. The molecule has 3 rings (SSSR count). The van der Waals surface area contributed by atoms with E-state index < -0.39 is 0 Å². The molecule has 0 aliphatic rings. The normalized spacial score (nSPS) is 11.8. The third-order valence-electron chi connectivity index (χ3n) is 4.24. The maximum atomic E-state index is 12.9. The molecule has 26 heavy (non-hydrogen) atoms. The summed E-state index contributed by atoms with van der Waals surface area (Å²) in [7, 11) is 5.61. The first kappa shape index (κ1) is 18.0. The molecule has 1 atom stereocenters. The van der Waals surface area contributed by atoms with Crippen LogP contribution in [0.25, 0.3) is 10.6 Å². The lowest BCUT2D eigenvalue weighted by atomic mass is 10.1. The first-order valence-corrected chi connectivity index (χ1v) is 9.03. The lowest BCUT2D eigenvalue weighted by Crippen LogP contribution is -2.29. The molecule has 0 saturated carbocycles. The van der Waals surface area contributed by atoms with Crippen molar-refractivity contribution in [2.24, 2.45) is 0 Å². The Balaban J connectivity index is 1.83. The van der Waals surface area contributed by atoms with Gasteiger partial charge in [-0.05, 0) is 42.2 Å². The Morgan fingerprint density at radius 1 is 1.15 bits per heavy atom. The largest absolute Gasteiger partial charge is 0.346 e. The minimum Gasteiger partial charge on any atom is -0.346 e. The van der Waals surface area contributed by atoms with Crippen LogP contribution in [-0.4, -0.2) is 46.3 Å². The summed E-state index contributed by atoms with van der Waals surface area (Å²) in [6.45, 7) is 1.99. The van der Waals surface area contributed by atoms with Gasteiger partial charge in [0, 0.05) is 44.7 Å². The van der Waals surface area contributed by atoms with Gasteiger partial charge in [0.25, 0.3) is 5.91 Å². The fourth-order valence-corrected chi connectivity index (χ4v) is 3.25. The van der Waals surface area contributed by atoms with Crippen LogP contribution < -0.4 is 4.90 Å². The molecule has 0 fully saturated rings. The summed E-state index contributed by atoms with van der Waals surface area (Å²) in [4.78, 5) is 25.1. The summed E-state index contributed by atoms with van der Waals surface area (Å²) in [5.41, 5.74) is 2.52. The average molecular weight is 367 g/mol. The van der Waals surface area contributed by atoms with Crippen LogP contribution in [0.2, 0.25) is 0 Å². The molecule has 0 radical (unpaired) electrons. The monoisotopic (exact) mass is 367 g/mol. The molecule has 1 aromatic carbocycles. The summed E-state index contributed by atoms with van der Waals surface area (Å²) in [6, 6.07) is 11.3. The molecule has 7 heteroatoms. The molecular weight excluding hydrogens is 346 g/mol. The van der Waals surface area contributed by atoms with Crippen LogP contribution in [0, 0.1) is 0 Å². The van der Waals surface area contributed by atoms with Gasteiger partial charge in [0.1, 0.15) is 5.01 Å². The average Bonchev–Trinajstić information content (AvgIpc) is 3.17. The molecule has 0 saturated heterocycles. The summed E-state index contributed by atoms with van der Waals surface area (Å²) < 4.78 is 4.32. The third kappa shape index (κ3) is 3.72. The zero-order chi connectivity index (χ0) is 18.7. The van der Waals surface area contributed by atoms with Crippen LogP contribution in [0.1, 0.15) is 28.9 Å². The zero-order valence-corrected chi connectivity index (χ0v) is 16.1. The van der Waals surface area contributed by atoms with E-state index in [-0.39, 0.29) is 11.9 Å². The SMILES string of the molecule is CC(c1cccnc1)N(C)C(=O)c1cccc(-c2nc(N(C)C)ns2)c1. The minimum atomic E-state index is -0.0678. The van der Waals surface area contributed by atoms with Gasteiger partial charge in [0.2, 0.25) is 5.95 Å². The number of hydrogen-bond donors (Lipinski definition) is 0. The summed E-state index contributed by atoms with van der Waals surface area (Å²) in [5, 5.41) is 0.798. The quantitative estimate of drug-likeness (QED) is 0.691. The maximum absolute atomic E-state index is 12.9. The Bertz CT molecular complexity index is 894. The molecule has 1 amide bonds. The first-order chi connectivity index (χ1) is 12.5. The highest BCUT2D eigenvalue weighted by Gasteiger charge is 2.20. The first-order valence-electron chi connectivity index (χ1n) is 8.26. The Morgan fingerprint density at radius 2 is 1.96 bits per heavy atom. The Morgan fingerprint density at radius 3 is 2.62 bits per heavy atom. The summed E-state index contributed by atoms with van der Waals surface area (Å²) >= 11 is 1.33. The lowest BCUT2D eigenvalue weighted by molar-refractivity contribution is 0.0742. The van der Waals surface area contributed by atoms with E-state index >= 15 is 0 Å². The smallest absolute Gasteiger partial charge is 0.254 e. The van der Waals surface area contributed by atoms with Gasteiger partial charge in [-0.3, -0.25) is 9.78 Å². The number of nitrogens with zero attached hydrogens (tertiary/aromatic N) is 5. The third-order valence-corrected chi connectivity index (χ3v) is 4.99. The fraction of sp³-hybridized carbons (Fsp3) is 0.263. The van der Waals surface area contributed by atoms with E-state index in [1.165, 1.54) is 11.5 Å². The van der Waals surface area contributed by atoms with Crippen molar-refractivity contribution in [1.82, 2.24) is 19.2 Å². The van der Waals surface area contributed by atoms with E-state index in [2.05, 4.69) is 14.3 Å². The number of carbonyl (C=O) groups excluding carboxylic acids is 1. The van der Waals surface area contributed by atoms with Crippen molar-refractivity contribution in [1.29, 1.82) is 0 Å². The fourth-order valence-electron chi connectivity index (χ4n) is 2.53. The van der Waals surface area contributed by atoms with Crippen molar-refractivity contribution in [2.45, 2.75) is 13.0 Å². The zero-order valence-electron chi connectivity index (χ0n) is 15.2. The van der Waals surface area contributed by atoms with Gasteiger partial charge in [-0.2, -0.15) is 9.36 Å². The predicted octanol–water partition coefficient (Wildman–Crippen LogP) is 3.50. The van der Waals surface area contributed by atoms with E-state index in [0.29, 0.717) is 11.5 Å². The maximum Gasteiger partial charge on any atom is 0.254 e. The number of anilines is 1. The molecule has 0 aliphatic heterocycles. The van der Waals surface area contributed by atoms with E-state index in [4.69, 9.17) is 0 Å². The highest BCUT2D eigenvalue weighted by atomic mass is 32.1. The highest BCUT2D eigenvalue weighted by Crippen LogP contribution is 2.26. The molecule has 1 unspecified atom stereocenters. The van der Waals surface area contributed by atoms with Gasteiger partial charge in [0.15, 0.2) is 0 Å². The number of pyridine rings is 1. The van der Waals surface area contributed by atoms with Gasteiger partial charge >= 0.3 is 0 Å².